The maximum Gasteiger partial charge on any atom is 0.225 e. The lowest BCUT2D eigenvalue weighted by Gasteiger charge is -2.35. The molecule has 1 saturated heterocycles. The lowest BCUT2D eigenvalue weighted by atomic mass is 10.1. The topological polar surface area (TPSA) is 57.7 Å². The predicted molar refractivity (Wildman–Crippen MR) is 67.9 cm³/mol. The number of Topliss-reactive ketones (excluding diaryl/α,β-unsaturated/α-hetero) is 1. The molecule has 0 aromatic carbocycles. The van der Waals surface area contributed by atoms with Gasteiger partial charge in [-0.05, 0) is 6.92 Å². The molecule has 1 rings (SSSR count). The summed E-state index contributed by atoms with van der Waals surface area (Å²) in [7, 11) is 0. The van der Waals surface area contributed by atoms with E-state index in [9.17, 15) is 14.4 Å². The van der Waals surface area contributed by atoms with Crippen molar-refractivity contribution < 1.29 is 14.4 Å². The number of nitrogens with zero attached hydrogens (tertiary/aromatic N) is 2. The van der Waals surface area contributed by atoms with Gasteiger partial charge in [0.1, 0.15) is 5.78 Å². The fourth-order valence-electron chi connectivity index (χ4n) is 1.98. The lowest BCUT2D eigenvalue weighted by molar-refractivity contribution is -0.141. The van der Waals surface area contributed by atoms with Gasteiger partial charge < -0.3 is 14.6 Å². The lowest BCUT2D eigenvalue weighted by Crippen LogP contribution is -2.51. The molecule has 0 aliphatic carbocycles. The SMILES string of the molecule is CC(=O)CCC(=O)N1CCN(C(=O)C(C)C)CC1. The predicted octanol–water partition coefficient (Wildman–Crippen LogP) is 0.682. The summed E-state index contributed by atoms with van der Waals surface area (Å²) in [5.74, 6) is 0.203. The second-order valence-electron chi connectivity index (χ2n) is 5.06. The second-order valence-corrected chi connectivity index (χ2v) is 5.06. The van der Waals surface area contributed by atoms with E-state index in [0.717, 1.165) is 0 Å². The number of rotatable bonds is 4. The highest BCUT2D eigenvalue weighted by Crippen LogP contribution is 2.08. The van der Waals surface area contributed by atoms with E-state index in [-0.39, 0.29) is 29.9 Å². The molecule has 0 unspecified atom stereocenters. The Bertz CT molecular complexity index is 331. The van der Waals surface area contributed by atoms with Crippen molar-refractivity contribution in [1.29, 1.82) is 0 Å². The van der Waals surface area contributed by atoms with Gasteiger partial charge in [0, 0.05) is 44.9 Å². The Balaban J connectivity index is 2.37. The van der Waals surface area contributed by atoms with Crippen molar-refractivity contribution >= 4 is 17.6 Å². The van der Waals surface area contributed by atoms with E-state index in [2.05, 4.69) is 0 Å². The molecular formula is C13H22N2O3. The number of amides is 2. The Morgan fingerprint density at radius 3 is 1.89 bits per heavy atom. The first-order valence-corrected chi connectivity index (χ1v) is 6.47. The summed E-state index contributed by atoms with van der Waals surface area (Å²) in [5.41, 5.74) is 0. The normalized spacial score (nSPS) is 16.0. The van der Waals surface area contributed by atoms with Crippen LogP contribution in [0.25, 0.3) is 0 Å². The fraction of sp³-hybridized carbons (Fsp3) is 0.769. The molecule has 18 heavy (non-hydrogen) atoms. The van der Waals surface area contributed by atoms with E-state index in [0.29, 0.717) is 32.6 Å². The van der Waals surface area contributed by atoms with Crippen LogP contribution in [0.5, 0.6) is 0 Å². The summed E-state index contributed by atoms with van der Waals surface area (Å²) < 4.78 is 0. The summed E-state index contributed by atoms with van der Waals surface area (Å²) in [6.07, 6.45) is 0.595. The van der Waals surface area contributed by atoms with Gasteiger partial charge >= 0.3 is 0 Å². The van der Waals surface area contributed by atoms with Crippen molar-refractivity contribution in [3.8, 4) is 0 Å². The van der Waals surface area contributed by atoms with Crippen LogP contribution in [0, 0.1) is 5.92 Å². The third-order valence-corrected chi connectivity index (χ3v) is 3.13. The van der Waals surface area contributed by atoms with Crippen LogP contribution in [0.4, 0.5) is 0 Å². The Hall–Kier alpha value is -1.39. The number of ketones is 1. The van der Waals surface area contributed by atoms with Gasteiger partial charge in [-0.2, -0.15) is 0 Å². The Labute approximate surface area is 108 Å². The number of carbonyl (C=O) groups excluding carboxylic acids is 3. The molecule has 5 nitrogen and oxygen atoms in total. The molecule has 0 spiro atoms. The Morgan fingerprint density at radius 2 is 1.44 bits per heavy atom. The first-order chi connectivity index (χ1) is 8.41. The van der Waals surface area contributed by atoms with Gasteiger partial charge in [-0.25, -0.2) is 0 Å². The van der Waals surface area contributed by atoms with E-state index in [1.54, 1.807) is 9.80 Å². The van der Waals surface area contributed by atoms with Gasteiger partial charge in [0.25, 0.3) is 0 Å². The van der Waals surface area contributed by atoms with Gasteiger partial charge in [0.2, 0.25) is 11.8 Å². The minimum atomic E-state index is 0.00460. The average Bonchev–Trinajstić information content (AvgIpc) is 2.35. The molecular weight excluding hydrogens is 232 g/mol. The monoisotopic (exact) mass is 254 g/mol. The van der Waals surface area contributed by atoms with Crippen LogP contribution in [0.3, 0.4) is 0 Å². The molecule has 1 aliphatic rings. The Kier molecular flexibility index (Phi) is 5.31. The van der Waals surface area contributed by atoms with Gasteiger partial charge in [0.15, 0.2) is 0 Å². The smallest absolute Gasteiger partial charge is 0.225 e. The number of piperazine rings is 1. The quantitative estimate of drug-likeness (QED) is 0.741. The summed E-state index contributed by atoms with van der Waals surface area (Å²) in [6.45, 7) is 7.61. The van der Waals surface area contributed by atoms with Crippen LogP contribution in [0.15, 0.2) is 0 Å². The highest BCUT2D eigenvalue weighted by Gasteiger charge is 2.25. The van der Waals surface area contributed by atoms with E-state index in [4.69, 9.17) is 0 Å². The number of hydrogen-bond acceptors (Lipinski definition) is 3. The highest BCUT2D eigenvalue weighted by atomic mass is 16.2. The minimum Gasteiger partial charge on any atom is -0.339 e. The van der Waals surface area contributed by atoms with E-state index in [1.807, 2.05) is 13.8 Å². The van der Waals surface area contributed by atoms with Crippen LogP contribution in [0.2, 0.25) is 0 Å². The molecule has 0 aromatic rings. The van der Waals surface area contributed by atoms with Crippen molar-refractivity contribution in [2.24, 2.45) is 5.92 Å². The molecule has 0 radical (unpaired) electrons. The van der Waals surface area contributed by atoms with Crippen molar-refractivity contribution in [3.05, 3.63) is 0 Å². The first-order valence-electron chi connectivity index (χ1n) is 6.47. The van der Waals surface area contributed by atoms with E-state index >= 15 is 0 Å². The molecule has 1 fully saturated rings. The molecule has 0 aromatic heterocycles. The Morgan fingerprint density at radius 1 is 0.944 bits per heavy atom. The summed E-state index contributed by atoms with van der Waals surface area (Å²) in [5, 5.41) is 0. The highest BCUT2D eigenvalue weighted by molar-refractivity contribution is 5.84. The van der Waals surface area contributed by atoms with Crippen LogP contribution in [-0.4, -0.2) is 53.6 Å². The molecule has 2 amide bonds. The zero-order valence-corrected chi connectivity index (χ0v) is 11.4. The fourth-order valence-corrected chi connectivity index (χ4v) is 1.98. The standard InChI is InChI=1S/C13H22N2O3/c1-10(2)13(18)15-8-6-14(7-9-15)12(17)5-4-11(3)16/h10H,4-9H2,1-3H3. The van der Waals surface area contributed by atoms with Crippen LogP contribution < -0.4 is 0 Å². The van der Waals surface area contributed by atoms with Gasteiger partial charge in [-0.1, -0.05) is 13.8 Å². The van der Waals surface area contributed by atoms with E-state index < -0.39 is 0 Å². The van der Waals surface area contributed by atoms with Gasteiger partial charge in [-0.3, -0.25) is 9.59 Å². The minimum absolute atomic E-state index is 0.00460. The van der Waals surface area contributed by atoms with Gasteiger partial charge in [-0.15, -0.1) is 0 Å². The third-order valence-electron chi connectivity index (χ3n) is 3.13. The van der Waals surface area contributed by atoms with Gasteiger partial charge in [0.05, 0.1) is 0 Å². The zero-order valence-electron chi connectivity index (χ0n) is 11.4. The number of hydrogen-bond donors (Lipinski definition) is 0. The molecule has 1 aliphatic heterocycles. The molecule has 1 heterocycles. The van der Waals surface area contributed by atoms with Crippen molar-refractivity contribution in [1.82, 2.24) is 9.80 Å². The summed E-state index contributed by atoms with van der Waals surface area (Å²) in [6, 6.07) is 0. The second kappa shape index (κ2) is 6.52. The molecule has 5 heteroatoms. The maximum absolute atomic E-state index is 11.8. The third kappa shape index (κ3) is 4.13. The molecule has 0 bridgehead atoms. The van der Waals surface area contributed by atoms with Crippen LogP contribution in [0.1, 0.15) is 33.6 Å². The van der Waals surface area contributed by atoms with Crippen LogP contribution >= 0.6 is 0 Å². The molecule has 0 atom stereocenters. The number of carbonyl (C=O) groups is 3. The molecule has 0 N–H and O–H groups in total. The van der Waals surface area contributed by atoms with Crippen molar-refractivity contribution in [2.75, 3.05) is 26.2 Å². The first kappa shape index (κ1) is 14.7. The summed E-state index contributed by atoms with van der Waals surface area (Å²) >= 11 is 0. The molecule has 102 valence electrons. The van der Waals surface area contributed by atoms with Crippen molar-refractivity contribution in [3.63, 3.8) is 0 Å². The maximum atomic E-state index is 11.8. The largest absolute Gasteiger partial charge is 0.339 e. The van der Waals surface area contributed by atoms with Crippen LogP contribution in [-0.2, 0) is 14.4 Å². The zero-order chi connectivity index (χ0) is 13.7. The molecule has 0 saturated carbocycles. The average molecular weight is 254 g/mol. The van der Waals surface area contributed by atoms with E-state index in [1.165, 1.54) is 6.92 Å². The summed E-state index contributed by atoms with van der Waals surface area (Å²) in [4.78, 5) is 37.9. The van der Waals surface area contributed by atoms with Crippen molar-refractivity contribution in [2.45, 2.75) is 33.6 Å².